The van der Waals surface area contributed by atoms with Crippen LogP contribution in [0, 0.1) is 0 Å². The van der Waals surface area contributed by atoms with Crippen LogP contribution in [0.1, 0.15) is 214 Å². The van der Waals surface area contributed by atoms with Gasteiger partial charge in [0.1, 0.15) is 0 Å². The van der Waals surface area contributed by atoms with Crippen molar-refractivity contribution in [1.82, 2.24) is 24.9 Å². The summed E-state index contributed by atoms with van der Waals surface area (Å²) in [6, 6.07) is 0. The first kappa shape index (κ1) is 49.8. The van der Waals surface area contributed by atoms with E-state index in [4.69, 9.17) is 0 Å². The van der Waals surface area contributed by atoms with E-state index < -0.39 is 0 Å². The third-order valence-corrected chi connectivity index (χ3v) is 12.1. The molecule has 0 spiro atoms. The average Bonchev–Trinajstić information content (AvgIpc) is 3.16. The molecule has 1 rings (SSSR count). The standard InChI is InChI=1S/C47H99N5/c1-5-9-12-15-18-21-24-26-29-32-37-49(8-4)42-43-52-46-44-51(45-47-52)41-36-48-35-40-50(38-33-30-27-23-20-17-14-11-7-3)39-34-31-28-25-22-19-16-13-10-6-2/h48H,5-47H2,1-4H3. The molecule has 0 radical (unpaired) electrons. The summed E-state index contributed by atoms with van der Waals surface area (Å²) in [5.41, 5.74) is 0. The molecule has 5 heteroatoms. The van der Waals surface area contributed by atoms with Crippen LogP contribution >= 0.6 is 0 Å². The topological polar surface area (TPSA) is 25.0 Å². The summed E-state index contributed by atoms with van der Waals surface area (Å²) in [6.45, 7) is 26.7. The highest BCUT2D eigenvalue weighted by Crippen LogP contribution is 2.14. The van der Waals surface area contributed by atoms with Crippen LogP contribution in [0.25, 0.3) is 0 Å². The van der Waals surface area contributed by atoms with Crippen molar-refractivity contribution in [2.24, 2.45) is 0 Å². The van der Waals surface area contributed by atoms with Gasteiger partial charge in [-0.25, -0.2) is 0 Å². The van der Waals surface area contributed by atoms with E-state index in [2.05, 4.69) is 52.6 Å². The Hall–Kier alpha value is -0.200. The largest absolute Gasteiger partial charge is 0.314 e. The average molecular weight is 734 g/mol. The highest BCUT2D eigenvalue weighted by Gasteiger charge is 2.17. The highest BCUT2D eigenvalue weighted by atomic mass is 15.3. The number of nitrogens with zero attached hydrogens (tertiary/aromatic N) is 4. The monoisotopic (exact) mass is 734 g/mol. The second-order valence-electron chi connectivity index (χ2n) is 16.9. The van der Waals surface area contributed by atoms with E-state index in [1.54, 1.807) is 0 Å². The fourth-order valence-corrected chi connectivity index (χ4v) is 8.17. The number of unbranched alkanes of at least 4 members (excludes halogenated alkanes) is 26. The second kappa shape index (κ2) is 40.5. The van der Waals surface area contributed by atoms with Crippen molar-refractivity contribution in [2.75, 3.05) is 91.6 Å². The van der Waals surface area contributed by atoms with Gasteiger partial charge in [-0.1, -0.05) is 195 Å². The second-order valence-corrected chi connectivity index (χ2v) is 16.9. The van der Waals surface area contributed by atoms with Crippen LogP contribution in [-0.4, -0.2) is 111 Å². The maximum Gasteiger partial charge on any atom is 0.0110 e. The van der Waals surface area contributed by atoms with Crippen molar-refractivity contribution >= 4 is 0 Å². The zero-order valence-electron chi connectivity index (χ0n) is 36.7. The van der Waals surface area contributed by atoms with Gasteiger partial charge in [0.2, 0.25) is 0 Å². The van der Waals surface area contributed by atoms with Gasteiger partial charge in [-0.15, -0.1) is 0 Å². The molecule has 0 aromatic heterocycles. The van der Waals surface area contributed by atoms with E-state index in [1.165, 1.54) is 265 Å². The lowest BCUT2D eigenvalue weighted by Crippen LogP contribution is -2.50. The van der Waals surface area contributed by atoms with Gasteiger partial charge in [-0.05, 0) is 45.4 Å². The van der Waals surface area contributed by atoms with Crippen LogP contribution in [-0.2, 0) is 0 Å². The van der Waals surface area contributed by atoms with Gasteiger partial charge in [0, 0.05) is 65.4 Å². The summed E-state index contributed by atoms with van der Waals surface area (Å²) in [5, 5.41) is 3.84. The van der Waals surface area contributed by atoms with E-state index in [1.807, 2.05) is 0 Å². The smallest absolute Gasteiger partial charge is 0.0110 e. The van der Waals surface area contributed by atoms with E-state index in [0.29, 0.717) is 0 Å². The third-order valence-electron chi connectivity index (χ3n) is 12.1. The molecule has 0 atom stereocenters. The molecule has 1 N–H and O–H groups in total. The maximum atomic E-state index is 3.84. The number of nitrogens with one attached hydrogen (secondary N) is 1. The van der Waals surface area contributed by atoms with Crippen LogP contribution in [0.15, 0.2) is 0 Å². The number of rotatable bonds is 42. The Morgan fingerprint density at radius 2 is 0.654 bits per heavy atom. The van der Waals surface area contributed by atoms with E-state index >= 15 is 0 Å². The molecular formula is C47H99N5. The van der Waals surface area contributed by atoms with Crippen molar-refractivity contribution < 1.29 is 0 Å². The normalized spacial score (nSPS) is 14.4. The first-order valence-corrected chi connectivity index (χ1v) is 24.3. The molecule has 0 bridgehead atoms. The number of hydrogen-bond acceptors (Lipinski definition) is 5. The number of likely N-dealkylation sites (N-methyl/N-ethyl adjacent to an activating group) is 1. The fraction of sp³-hybridized carbons (Fsp3) is 1.00. The predicted molar refractivity (Wildman–Crippen MR) is 235 cm³/mol. The lowest BCUT2D eigenvalue weighted by molar-refractivity contribution is 0.119. The zero-order valence-corrected chi connectivity index (χ0v) is 36.7. The highest BCUT2D eigenvalue weighted by molar-refractivity contribution is 4.74. The molecule has 1 saturated heterocycles. The molecule has 0 aromatic rings. The van der Waals surface area contributed by atoms with Crippen LogP contribution in [0.2, 0.25) is 0 Å². The summed E-state index contributed by atoms with van der Waals surface area (Å²) < 4.78 is 0. The summed E-state index contributed by atoms with van der Waals surface area (Å²) in [6.07, 6.45) is 41.5. The molecule has 1 fully saturated rings. The van der Waals surface area contributed by atoms with Crippen molar-refractivity contribution in [3.05, 3.63) is 0 Å². The molecule has 1 heterocycles. The Balaban J connectivity index is 2.15. The first-order valence-electron chi connectivity index (χ1n) is 24.3. The van der Waals surface area contributed by atoms with Crippen LogP contribution in [0.5, 0.6) is 0 Å². The van der Waals surface area contributed by atoms with Gasteiger partial charge in [0.25, 0.3) is 0 Å². The van der Waals surface area contributed by atoms with Crippen molar-refractivity contribution in [2.45, 2.75) is 214 Å². The number of hydrogen-bond donors (Lipinski definition) is 1. The molecule has 0 unspecified atom stereocenters. The Labute approximate surface area is 329 Å². The van der Waals surface area contributed by atoms with Crippen LogP contribution in [0.3, 0.4) is 0 Å². The van der Waals surface area contributed by atoms with Gasteiger partial charge in [0.15, 0.2) is 0 Å². The summed E-state index contributed by atoms with van der Waals surface area (Å²) in [4.78, 5) is 10.9. The minimum atomic E-state index is 1.15. The lowest BCUT2D eigenvalue weighted by atomic mass is 10.1. The minimum Gasteiger partial charge on any atom is -0.314 e. The summed E-state index contributed by atoms with van der Waals surface area (Å²) in [5.74, 6) is 0. The molecule has 0 aromatic carbocycles. The molecule has 0 amide bonds. The van der Waals surface area contributed by atoms with Gasteiger partial charge >= 0.3 is 0 Å². The fourth-order valence-electron chi connectivity index (χ4n) is 8.17. The zero-order chi connectivity index (χ0) is 37.4. The molecule has 0 saturated carbocycles. The minimum absolute atomic E-state index is 1.15. The Bertz CT molecular complexity index is 666. The molecular weight excluding hydrogens is 635 g/mol. The summed E-state index contributed by atoms with van der Waals surface area (Å²) in [7, 11) is 0. The first-order chi connectivity index (χ1) is 25.7. The molecule has 312 valence electrons. The summed E-state index contributed by atoms with van der Waals surface area (Å²) >= 11 is 0. The van der Waals surface area contributed by atoms with Crippen molar-refractivity contribution in [1.29, 1.82) is 0 Å². The van der Waals surface area contributed by atoms with Gasteiger partial charge in [0.05, 0.1) is 0 Å². The Kier molecular flexibility index (Phi) is 38.8. The maximum absolute atomic E-state index is 3.84. The van der Waals surface area contributed by atoms with Crippen LogP contribution in [0.4, 0.5) is 0 Å². The Morgan fingerprint density at radius 3 is 1.02 bits per heavy atom. The quantitative estimate of drug-likeness (QED) is 0.0630. The molecule has 1 aliphatic heterocycles. The molecule has 5 nitrogen and oxygen atoms in total. The van der Waals surface area contributed by atoms with E-state index in [-0.39, 0.29) is 0 Å². The van der Waals surface area contributed by atoms with Crippen molar-refractivity contribution in [3.8, 4) is 0 Å². The van der Waals surface area contributed by atoms with Gasteiger partial charge < -0.3 is 15.1 Å². The van der Waals surface area contributed by atoms with Gasteiger partial charge in [-0.2, -0.15) is 0 Å². The number of piperazine rings is 1. The molecule has 52 heavy (non-hydrogen) atoms. The third kappa shape index (κ3) is 33.2. The SMILES string of the molecule is CCCCCCCCCCCCN(CC)CCN1CCN(CCNCCN(CCCCCCCCCCC)CCCCCCCCCCCC)CC1. The van der Waals surface area contributed by atoms with E-state index in [0.717, 1.165) is 13.1 Å². The van der Waals surface area contributed by atoms with Crippen molar-refractivity contribution in [3.63, 3.8) is 0 Å². The van der Waals surface area contributed by atoms with Gasteiger partial charge in [-0.3, -0.25) is 9.80 Å². The predicted octanol–water partition coefficient (Wildman–Crippen LogP) is 12.2. The van der Waals surface area contributed by atoms with Crippen LogP contribution < -0.4 is 5.32 Å². The molecule has 1 aliphatic rings. The lowest BCUT2D eigenvalue weighted by Gasteiger charge is -2.35. The van der Waals surface area contributed by atoms with E-state index in [9.17, 15) is 0 Å². The molecule has 0 aliphatic carbocycles. The Morgan fingerprint density at radius 1 is 0.327 bits per heavy atom.